The van der Waals surface area contributed by atoms with Crippen LogP contribution in [0.2, 0.25) is 5.02 Å². The molecule has 2 aromatic carbocycles. The van der Waals surface area contributed by atoms with Crippen LogP contribution in [-0.4, -0.2) is 22.6 Å². The lowest BCUT2D eigenvalue weighted by molar-refractivity contribution is 0.303. The van der Waals surface area contributed by atoms with Crippen molar-refractivity contribution in [3.63, 3.8) is 0 Å². The van der Waals surface area contributed by atoms with Crippen molar-refractivity contribution in [2.24, 2.45) is 5.92 Å². The van der Waals surface area contributed by atoms with Gasteiger partial charge in [-0.3, -0.25) is 0 Å². The zero-order chi connectivity index (χ0) is 21.4. The van der Waals surface area contributed by atoms with Gasteiger partial charge in [0.1, 0.15) is 16.4 Å². The highest BCUT2D eigenvalue weighted by molar-refractivity contribution is 8.13. The average Bonchev–Trinajstić information content (AvgIpc) is 2.63. The van der Waals surface area contributed by atoms with Gasteiger partial charge in [-0.05, 0) is 74.1 Å². The molecule has 0 heterocycles. The maximum Gasteiger partial charge on any atom is 0.232 e. The smallest absolute Gasteiger partial charge is 0.223 e. The first-order valence-electron chi connectivity index (χ1n) is 8.83. The van der Waals surface area contributed by atoms with E-state index in [0.29, 0.717) is 5.02 Å². The van der Waals surface area contributed by atoms with E-state index in [2.05, 4.69) is 0 Å². The van der Waals surface area contributed by atoms with E-state index in [4.69, 9.17) is 22.3 Å². The monoisotopic (exact) mass is 482 g/mol. The number of hydrogen-bond acceptors (Lipinski definition) is 4. The minimum Gasteiger partial charge on any atom is -0.223 e. The maximum absolute atomic E-state index is 14.7. The lowest BCUT2D eigenvalue weighted by atomic mass is 9.78. The molecule has 4 nitrogen and oxygen atoms in total. The summed E-state index contributed by atoms with van der Waals surface area (Å²) < 4.78 is 76.9. The Morgan fingerprint density at radius 1 is 0.966 bits per heavy atom. The number of halogens is 4. The molecule has 0 radical (unpaired) electrons. The molecule has 158 valence electrons. The molecule has 0 amide bonds. The van der Waals surface area contributed by atoms with Gasteiger partial charge in [0.15, 0.2) is 9.84 Å². The Bertz CT molecular complexity index is 1110. The van der Waals surface area contributed by atoms with Gasteiger partial charge in [0.05, 0.1) is 10.6 Å². The summed E-state index contributed by atoms with van der Waals surface area (Å²) in [5.74, 6) is -2.23. The second-order valence-corrected chi connectivity index (χ2v) is 12.7. The Morgan fingerprint density at radius 2 is 1.55 bits per heavy atom. The molecule has 10 heteroatoms. The van der Waals surface area contributed by atoms with Gasteiger partial charge in [0.25, 0.3) is 0 Å². The highest BCUT2D eigenvalue weighted by Gasteiger charge is 2.50. The third-order valence-electron chi connectivity index (χ3n) is 5.41. The Morgan fingerprint density at radius 3 is 2.10 bits per heavy atom. The minimum atomic E-state index is -4.15. The van der Waals surface area contributed by atoms with Crippen molar-refractivity contribution in [1.29, 1.82) is 0 Å². The molecule has 0 saturated heterocycles. The van der Waals surface area contributed by atoms with Crippen molar-refractivity contribution < 1.29 is 25.6 Å². The van der Waals surface area contributed by atoms with Gasteiger partial charge in [-0.2, -0.15) is 0 Å². The first kappa shape index (κ1) is 22.5. The molecule has 2 aromatic rings. The van der Waals surface area contributed by atoms with Crippen molar-refractivity contribution in [2.45, 2.75) is 35.3 Å². The van der Waals surface area contributed by atoms with E-state index < -0.39 is 35.3 Å². The summed E-state index contributed by atoms with van der Waals surface area (Å²) in [5.41, 5.74) is -0.250. The predicted molar refractivity (Wildman–Crippen MR) is 108 cm³/mol. The molecule has 1 saturated carbocycles. The Balaban J connectivity index is 2.11. The fraction of sp³-hybridized carbons (Fsp3) is 0.368. The molecule has 1 aliphatic rings. The van der Waals surface area contributed by atoms with Gasteiger partial charge < -0.3 is 0 Å². The third kappa shape index (κ3) is 4.60. The largest absolute Gasteiger partial charge is 0.232 e. The second kappa shape index (κ2) is 8.13. The normalized spacial score (nSPS) is 23.1. The van der Waals surface area contributed by atoms with Gasteiger partial charge in [-0.15, -0.1) is 0 Å². The Kier molecular flexibility index (Phi) is 6.30. The van der Waals surface area contributed by atoms with Crippen LogP contribution in [0.15, 0.2) is 47.4 Å². The molecule has 1 aliphatic carbocycles. The molecule has 0 aliphatic heterocycles. The van der Waals surface area contributed by atoms with Crippen LogP contribution in [0.25, 0.3) is 0 Å². The van der Waals surface area contributed by atoms with Crippen LogP contribution in [0, 0.1) is 17.6 Å². The van der Waals surface area contributed by atoms with Crippen LogP contribution >= 0.6 is 22.3 Å². The number of hydrogen-bond donors (Lipinski definition) is 0. The zero-order valence-corrected chi connectivity index (χ0v) is 18.3. The van der Waals surface area contributed by atoms with Gasteiger partial charge in [0, 0.05) is 21.3 Å². The van der Waals surface area contributed by atoms with E-state index in [-0.39, 0.29) is 47.8 Å². The molecule has 0 spiro atoms. The number of sulfone groups is 1. The summed E-state index contributed by atoms with van der Waals surface area (Å²) in [7, 11) is -2.57. The van der Waals surface area contributed by atoms with Crippen LogP contribution in [0.5, 0.6) is 0 Å². The maximum atomic E-state index is 14.7. The molecule has 1 fully saturated rings. The SMILES string of the molecule is O=S(=O)(Cl)CC1CCC(c2cc(F)ccc2F)(S(=O)(=O)c2ccc(Cl)cc2)CC1. The predicted octanol–water partition coefficient (Wildman–Crippen LogP) is 5.05. The van der Waals surface area contributed by atoms with Gasteiger partial charge in [-0.25, -0.2) is 25.6 Å². The van der Waals surface area contributed by atoms with Crippen molar-refractivity contribution in [2.75, 3.05) is 5.75 Å². The fourth-order valence-corrected chi connectivity index (χ4v) is 7.68. The van der Waals surface area contributed by atoms with Crippen molar-refractivity contribution in [1.82, 2.24) is 0 Å². The van der Waals surface area contributed by atoms with Crippen molar-refractivity contribution in [3.8, 4) is 0 Å². The van der Waals surface area contributed by atoms with Crippen LogP contribution in [0.3, 0.4) is 0 Å². The molecule has 0 bridgehead atoms. The first-order valence-corrected chi connectivity index (χ1v) is 13.2. The topological polar surface area (TPSA) is 68.3 Å². The number of rotatable bonds is 5. The van der Waals surface area contributed by atoms with Gasteiger partial charge >= 0.3 is 0 Å². The van der Waals surface area contributed by atoms with E-state index in [1.165, 1.54) is 24.3 Å². The molecule has 0 unspecified atom stereocenters. The summed E-state index contributed by atoms with van der Waals surface area (Å²) in [5, 5.41) is 0.339. The van der Waals surface area contributed by atoms with E-state index in [9.17, 15) is 25.6 Å². The van der Waals surface area contributed by atoms with Gasteiger partial charge in [-0.1, -0.05) is 11.6 Å². The Hall–Kier alpha value is -1.22. The van der Waals surface area contributed by atoms with Crippen LogP contribution < -0.4 is 0 Å². The van der Waals surface area contributed by atoms with Crippen molar-refractivity contribution in [3.05, 3.63) is 64.7 Å². The highest BCUT2D eigenvalue weighted by Crippen LogP contribution is 2.49. The van der Waals surface area contributed by atoms with E-state index >= 15 is 0 Å². The molecular formula is C19H18Cl2F2O4S2. The van der Waals surface area contributed by atoms with Crippen LogP contribution in [0.1, 0.15) is 31.2 Å². The lowest BCUT2D eigenvalue weighted by Crippen LogP contribution is -2.41. The highest BCUT2D eigenvalue weighted by atomic mass is 35.7. The fourth-order valence-electron chi connectivity index (χ4n) is 3.96. The summed E-state index contributed by atoms with van der Waals surface area (Å²) >= 11 is 5.85. The summed E-state index contributed by atoms with van der Waals surface area (Å²) in [4.78, 5) is -0.0611. The second-order valence-electron chi connectivity index (χ2n) is 7.22. The quantitative estimate of drug-likeness (QED) is 0.559. The van der Waals surface area contributed by atoms with Crippen LogP contribution in [-0.2, 0) is 23.6 Å². The van der Waals surface area contributed by atoms with Gasteiger partial charge in [0.2, 0.25) is 9.05 Å². The molecular weight excluding hydrogens is 465 g/mol. The molecule has 3 rings (SSSR count). The summed E-state index contributed by atoms with van der Waals surface area (Å²) in [6.07, 6.45) is 0.258. The van der Waals surface area contributed by atoms with E-state index in [0.717, 1.165) is 18.2 Å². The summed E-state index contributed by atoms with van der Waals surface area (Å²) in [6.45, 7) is 0. The first-order chi connectivity index (χ1) is 13.4. The van der Waals surface area contributed by atoms with Crippen molar-refractivity contribution >= 4 is 41.2 Å². The van der Waals surface area contributed by atoms with E-state index in [1.807, 2.05) is 0 Å². The number of benzene rings is 2. The standard InChI is InChI=1S/C19H18Cl2F2O4S2/c20-14-1-4-16(5-2-14)29(26,27)19(17-11-15(22)3-6-18(17)23)9-7-13(8-10-19)12-28(21,24)25/h1-6,11,13H,7-10,12H2. The average molecular weight is 483 g/mol. The summed E-state index contributed by atoms with van der Waals surface area (Å²) in [6, 6.07) is 8.21. The molecule has 29 heavy (non-hydrogen) atoms. The molecule has 0 aromatic heterocycles. The van der Waals surface area contributed by atoms with Crippen LogP contribution in [0.4, 0.5) is 8.78 Å². The third-order valence-corrected chi connectivity index (χ3v) is 9.45. The Labute approximate surface area is 178 Å². The molecule has 0 N–H and O–H groups in total. The van der Waals surface area contributed by atoms with E-state index in [1.54, 1.807) is 0 Å². The lowest BCUT2D eigenvalue weighted by Gasteiger charge is -2.40. The zero-order valence-electron chi connectivity index (χ0n) is 15.1. The minimum absolute atomic E-state index is 0.0601. The molecule has 0 atom stereocenters.